The van der Waals surface area contributed by atoms with Gasteiger partial charge in [-0.25, -0.2) is 8.42 Å². The van der Waals surface area contributed by atoms with Crippen LogP contribution in [0.2, 0.25) is 5.02 Å². The highest BCUT2D eigenvalue weighted by Gasteiger charge is 2.26. The molecule has 0 N–H and O–H groups in total. The molecule has 3 rings (SSSR count). The number of hydrogen-bond acceptors (Lipinski definition) is 4. The zero-order chi connectivity index (χ0) is 21.0. The summed E-state index contributed by atoms with van der Waals surface area (Å²) >= 11 is 6.28. The highest BCUT2D eigenvalue weighted by Crippen LogP contribution is 2.28. The number of aromatic nitrogens is 1. The lowest BCUT2D eigenvalue weighted by molar-refractivity contribution is 0.0670. The molecule has 3 aromatic rings. The second-order valence-corrected chi connectivity index (χ2v) is 9.19. The van der Waals surface area contributed by atoms with Crippen molar-refractivity contribution < 1.29 is 13.2 Å². The molecule has 0 fully saturated rings. The smallest absolute Gasteiger partial charge is 0.256 e. The fourth-order valence-electron chi connectivity index (χ4n) is 3.00. The molecular formula is C22H21ClN2O3S. The van der Waals surface area contributed by atoms with Crippen molar-refractivity contribution in [3.63, 3.8) is 0 Å². The van der Waals surface area contributed by atoms with E-state index in [1.807, 2.05) is 55.5 Å². The maximum absolute atomic E-state index is 13.5. The predicted octanol–water partition coefficient (Wildman–Crippen LogP) is 4.54. The third-order valence-electron chi connectivity index (χ3n) is 4.64. The van der Waals surface area contributed by atoms with Crippen molar-refractivity contribution in [2.45, 2.75) is 24.4 Å². The van der Waals surface area contributed by atoms with Gasteiger partial charge < -0.3 is 4.90 Å². The summed E-state index contributed by atoms with van der Waals surface area (Å²) in [7, 11) is -3.47. The van der Waals surface area contributed by atoms with Crippen LogP contribution in [-0.2, 0) is 16.4 Å². The van der Waals surface area contributed by atoms with Crippen LogP contribution in [0.15, 0.2) is 77.8 Å². The molecule has 0 aliphatic heterocycles. The highest BCUT2D eigenvalue weighted by molar-refractivity contribution is 7.90. The van der Waals surface area contributed by atoms with Crippen molar-refractivity contribution in [2.24, 2.45) is 0 Å². The molecule has 0 saturated heterocycles. The number of sulfone groups is 1. The second-order valence-electron chi connectivity index (χ2n) is 6.76. The summed E-state index contributed by atoms with van der Waals surface area (Å²) in [5.74, 6) is -0.359. The molecule has 1 aromatic heterocycles. The van der Waals surface area contributed by atoms with Crippen LogP contribution in [-0.4, -0.2) is 30.5 Å². The Morgan fingerprint density at radius 3 is 2.38 bits per heavy atom. The van der Waals surface area contributed by atoms with Gasteiger partial charge >= 0.3 is 0 Å². The number of benzene rings is 2. The minimum Gasteiger partial charge on any atom is -0.326 e. The summed E-state index contributed by atoms with van der Waals surface area (Å²) in [5, 5.41) is 0.202. The number of nitrogens with zero attached hydrogens (tertiary/aromatic N) is 2. The monoisotopic (exact) mass is 428 g/mol. The van der Waals surface area contributed by atoms with Gasteiger partial charge in [-0.3, -0.25) is 9.78 Å². The Morgan fingerprint density at radius 1 is 1.07 bits per heavy atom. The molecule has 150 valence electrons. The third-order valence-corrected chi connectivity index (χ3v) is 6.08. The second kappa shape index (κ2) is 8.76. The van der Waals surface area contributed by atoms with E-state index in [-0.39, 0.29) is 27.4 Å². The summed E-state index contributed by atoms with van der Waals surface area (Å²) in [6.07, 6.45) is 2.77. The third kappa shape index (κ3) is 5.02. The number of amides is 1. The van der Waals surface area contributed by atoms with E-state index in [1.54, 1.807) is 11.1 Å². The molecule has 0 saturated carbocycles. The van der Waals surface area contributed by atoms with Crippen LogP contribution in [0.25, 0.3) is 0 Å². The molecular weight excluding hydrogens is 408 g/mol. The molecule has 1 atom stereocenters. The minimum absolute atomic E-state index is 0.0513. The van der Waals surface area contributed by atoms with E-state index in [9.17, 15) is 13.2 Å². The molecule has 0 bridgehead atoms. The van der Waals surface area contributed by atoms with Crippen molar-refractivity contribution in [3.8, 4) is 0 Å². The van der Waals surface area contributed by atoms with Gasteiger partial charge in [-0.1, -0.05) is 48.0 Å². The highest BCUT2D eigenvalue weighted by atomic mass is 35.5. The van der Waals surface area contributed by atoms with Gasteiger partial charge in [0, 0.05) is 19.0 Å². The number of rotatable bonds is 6. The van der Waals surface area contributed by atoms with Gasteiger partial charge in [0.15, 0.2) is 9.84 Å². The number of pyridine rings is 1. The Labute approximate surface area is 175 Å². The van der Waals surface area contributed by atoms with Crippen molar-refractivity contribution >= 4 is 27.3 Å². The summed E-state index contributed by atoms with van der Waals surface area (Å²) in [6, 6.07) is 18.9. The number of carbonyl (C=O) groups excluding carboxylic acids is 1. The molecule has 1 amide bonds. The normalized spacial score (nSPS) is 12.4. The van der Waals surface area contributed by atoms with Crippen LogP contribution >= 0.6 is 11.6 Å². The zero-order valence-electron chi connectivity index (χ0n) is 16.1. The van der Waals surface area contributed by atoms with Crippen LogP contribution in [0.1, 0.15) is 34.6 Å². The van der Waals surface area contributed by atoms with E-state index in [0.29, 0.717) is 6.54 Å². The van der Waals surface area contributed by atoms with Gasteiger partial charge in [0.1, 0.15) is 0 Å². The van der Waals surface area contributed by atoms with Crippen molar-refractivity contribution in [2.75, 3.05) is 6.26 Å². The SMILES string of the molecule is CC(c1ccccn1)N(Cc1ccccc1)C(=O)c1cc(S(C)(=O)=O)ccc1Cl. The zero-order valence-corrected chi connectivity index (χ0v) is 17.7. The molecule has 7 heteroatoms. The summed E-state index contributed by atoms with van der Waals surface area (Å²) < 4.78 is 23.9. The van der Waals surface area contributed by atoms with Crippen LogP contribution < -0.4 is 0 Å². The first-order valence-corrected chi connectivity index (χ1v) is 11.3. The average molecular weight is 429 g/mol. The van der Waals surface area contributed by atoms with Gasteiger partial charge in [-0.15, -0.1) is 0 Å². The fourth-order valence-corrected chi connectivity index (χ4v) is 3.85. The van der Waals surface area contributed by atoms with Crippen LogP contribution in [0.4, 0.5) is 0 Å². The van der Waals surface area contributed by atoms with Gasteiger partial charge in [0.2, 0.25) is 0 Å². The Bertz CT molecular complexity index is 1100. The molecule has 1 unspecified atom stereocenters. The first-order valence-electron chi connectivity index (χ1n) is 9.03. The van der Waals surface area contributed by atoms with Crippen molar-refractivity contribution in [1.29, 1.82) is 0 Å². The van der Waals surface area contributed by atoms with E-state index in [0.717, 1.165) is 17.5 Å². The van der Waals surface area contributed by atoms with Gasteiger partial charge in [-0.2, -0.15) is 0 Å². The standard InChI is InChI=1S/C22H21ClN2O3S/c1-16(21-10-6-7-13-24-21)25(15-17-8-4-3-5-9-17)22(26)19-14-18(29(2,27)28)11-12-20(19)23/h3-14,16H,15H2,1-2H3. The average Bonchev–Trinajstić information content (AvgIpc) is 2.72. The molecule has 29 heavy (non-hydrogen) atoms. The van der Waals surface area contributed by atoms with Crippen molar-refractivity contribution in [3.05, 3.63) is 94.8 Å². The molecule has 0 aliphatic carbocycles. The van der Waals surface area contributed by atoms with Crippen LogP contribution in [0, 0.1) is 0 Å². The first-order chi connectivity index (χ1) is 13.8. The lowest BCUT2D eigenvalue weighted by Crippen LogP contribution is -2.34. The van der Waals surface area contributed by atoms with Crippen molar-refractivity contribution in [1.82, 2.24) is 9.88 Å². The Hall–Kier alpha value is -2.70. The Kier molecular flexibility index (Phi) is 6.35. The topological polar surface area (TPSA) is 67.3 Å². The summed E-state index contributed by atoms with van der Waals surface area (Å²) in [4.78, 5) is 19.6. The Balaban J connectivity index is 2.05. The van der Waals surface area contributed by atoms with E-state index in [2.05, 4.69) is 4.98 Å². The van der Waals surface area contributed by atoms with Crippen LogP contribution in [0.5, 0.6) is 0 Å². The molecule has 2 aromatic carbocycles. The lowest BCUT2D eigenvalue weighted by atomic mass is 10.1. The van der Waals surface area contributed by atoms with Gasteiger partial charge in [0.25, 0.3) is 5.91 Å². The van der Waals surface area contributed by atoms with Crippen LogP contribution in [0.3, 0.4) is 0 Å². The summed E-state index contributed by atoms with van der Waals surface area (Å²) in [6.45, 7) is 2.22. The van der Waals surface area contributed by atoms with E-state index in [4.69, 9.17) is 11.6 Å². The number of halogens is 1. The number of carbonyl (C=O) groups is 1. The summed E-state index contributed by atoms with van der Waals surface area (Å²) in [5.41, 5.74) is 1.82. The number of hydrogen-bond donors (Lipinski definition) is 0. The Morgan fingerprint density at radius 2 is 1.76 bits per heavy atom. The van der Waals surface area contributed by atoms with E-state index < -0.39 is 9.84 Å². The largest absolute Gasteiger partial charge is 0.326 e. The molecule has 0 radical (unpaired) electrons. The minimum atomic E-state index is -3.47. The molecule has 1 heterocycles. The maximum atomic E-state index is 13.5. The quantitative estimate of drug-likeness (QED) is 0.578. The lowest BCUT2D eigenvalue weighted by Gasteiger charge is -2.29. The first kappa shape index (κ1) is 21.0. The predicted molar refractivity (Wildman–Crippen MR) is 114 cm³/mol. The molecule has 0 aliphatic rings. The van der Waals surface area contributed by atoms with E-state index in [1.165, 1.54) is 18.2 Å². The van der Waals surface area contributed by atoms with Gasteiger partial charge in [0.05, 0.1) is 27.2 Å². The van der Waals surface area contributed by atoms with Gasteiger partial charge in [-0.05, 0) is 42.8 Å². The molecule has 5 nitrogen and oxygen atoms in total. The van der Waals surface area contributed by atoms with E-state index >= 15 is 0 Å². The molecule has 0 spiro atoms. The fraction of sp³-hybridized carbons (Fsp3) is 0.182. The maximum Gasteiger partial charge on any atom is 0.256 e.